The van der Waals surface area contributed by atoms with Crippen LogP contribution in [0.15, 0.2) is 78.9 Å². The number of nitrogens with one attached hydrogen (secondary N) is 3. The van der Waals surface area contributed by atoms with E-state index >= 15 is 0 Å². The minimum absolute atomic E-state index is 0.00451. The molecule has 0 radical (unpaired) electrons. The van der Waals surface area contributed by atoms with Gasteiger partial charge in [0.05, 0.1) is 6.42 Å². The van der Waals surface area contributed by atoms with E-state index in [0.717, 1.165) is 11.1 Å². The lowest BCUT2D eigenvalue weighted by Gasteiger charge is -2.11. The summed E-state index contributed by atoms with van der Waals surface area (Å²) < 4.78 is 5.70. The third-order valence-electron chi connectivity index (χ3n) is 4.19. The maximum Gasteiger partial charge on any atom is 0.269 e. The van der Waals surface area contributed by atoms with Crippen LogP contribution >= 0.6 is 23.8 Å². The number of carbonyl (C=O) groups is 2. The number of hydrogen-bond donors (Lipinski definition) is 3. The summed E-state index contributed by atoms with van der Waals surface area (Å²) in [5.74, 6) is -0.0590. The summed E-state index contributed by atoms with van der Waals surface area (Å²) in [5, 5.41) is 3.10. The van der Waals surface area contributed by atoms with Crippen molar-refractivity contribution in [3.8, 4) is 5.75 Å². The molecule has 3 rings (SSSR count). The van der Waals surface area contributed by atoms with E-state index in [0.29, 0.717) is 22.9 Å². The molecule has 0 atom stereocenters. The lowest BCUT2D eigenvalue weighted by atomic mass is 10.1. The molecule has 0 saturated carbocycles. The molecule has 3 aromatic rings. The van der Waals surface area contributed by atoms with Crippen LogP contribution in [0.25, 0.3) is 0 Å². The van der Waals surface area contributed by atoms with Gasteiger partial charge in [0.2, 0.25) is 5.91 Å². The van der Waals surface area contributed by atoms with Crippen LogP contribution in [0, 0.1) is 0 Å². The summed E-state index contributed by atoms with van der Waals surface area (Å²) in [6.07, 6.45) is 0.136. The van der Waals surface area contributed by atoms with E-state index in [2.05, 4.69) is 16.2 Å². The van der Waals surface area contributed by atoms with Crippen molar-refractivity contribution in [2.24, 2.45) is 0 Å². The van der Waals surface area contributed by atoms with Crippen molar-refractivity contribution in [2.45, 2.75) is 13.0 Å². The van der Waals surface area contributed by atoms with Gasteiger partial charge in [0.15, 0.2) is 5.11 Å². The highest BCUT2D eigenvalue weighted by molar-refractivity contribution is 7.80. The third kappa shape index (κ3) is 7.40. The van der Waals surface area contributed by atoms with Gasteiger partial charge < -0.3 is 10.1 Å². The first-order chi connectivity index (χ1) is 15.0. The Labute approximate surface area is 190 Å². The van der Waals surface area contributed by atoms with Gasteiger partial charge in [0.1, 0.15) is 12.4 Å². The van der Waals surface area contributed by atoms with Crippen molar-refractivity contribution in [1.82, 2.24) is 16.2 Å². The van der Waals surface area contributed by atoms with Crippen LogP contribution in [0.1, 0.15) is 21.5 Å². The molecule has 3 aromatic carbocycles. The van der Waals surface area contributed by atoms with E-state index < -0.39 is 5.91 Å². The van der Waals surface area contributed by atoms with Crippen molar-refractivity contribution in [3.05, 3.63) is 101 Å². The van der Waals surface area contributed by atoms with Gasteiger partial charge in [0, 0.05) is 10.6 Å². The van der Waals surface area contributed by atoms with Crippen LogP contribution in [-0.4, -0.2) is 16.9 Å². The van der Waals surface area contributed by atoms with Gasteiger partial charge in [-0.1, -0.05) is 54.1 Å². The SMILES string of the molecule is O=C(Cc1ccc(Cl)cc1)NC(=S)NNC(=O)c1ccc(OCc2ccccc2)cc1. The highest BCUT2D eigenvalue weighted by Crippen LogP contribution is 2.14. The molecule has 0 aliphatic heterocycles. The number of halogens is 1. The highest BCUT2D eigenvalue weighted by Gasteiger charge is 2.09. The van der Waals surface area contributed by atoms with Crippen molar-refractivity contribution in [2.75, 3.05) is 0 Å². The van der Waals surface area contributed by atoms with Crippen molar-refractivity contribution >= 4 is 40.7 Å². The molecule has 3 N–H and O–H groups in total. The molecule has 6 nitrogen and oxygen atoms in total. The van der Waals surface area contributed by atoms with E-state index in [-0.39, 0.29) is 17.4 Å². The lowest BCUT2D eigenvalue weighted by Crippen LogP contribution is -2.48. The van der Waals surface area contributed by atoms with E-state index in [4.69, 9.17) is 28.6 Å². The molecule has 0 aliphatic carbocycles. The Kier molecular flexibility index (Phi) is 7.98. The van der Waals surface area contributed by atoms with E-state index in [1.807, 2.05) is 30.3 Å². The van der Waals surface area contributed by atoms with Gasteiger partial charge in [-0.3, -0.25) is 20.4 Å². The first kappa shape index (κ1) is 22.3. The van der Waals surface area contributed by atoms with E-state index in [1.165, 1.54) is 0 Å². The fourth-order valence-corrected chi connectivity index (χ4v) is 2.91. The largest absolute Gasteiger partial charge is 0.489 e. The zero-order chi connectivity index (χ0) is 22.1. The number of hydrogen-bond acceptors (Lipinski definition) is 4. The van der Waals surface area contributed by atoms with Gasteiger partial charge >= 0.3 is 0 Å². The zero-order valence-corrected chi connectivity index (χ0v) is 18.0. The third-order valence-corrected chi connectivity index (χ3v) is 4.64. The molecule has 0 aliphatic rings. The van der Waals surface area contributed by atoms with Crippen LogP contribution in [-0.2, 0) is 17.8 Å². The van der Waals surface area contributed by atoms with Crippen LogP contribution in [0.5, 0.6) is 5.75 Å². The summed E-state index contributed by atoms with van der Waals surface area (Å²) in [6, 6.07) is 23.4. The monoisotopic (exact) mass is 453 g/mol. The number of rotatable bonds is 6. The summed E-state index contributed by atoms with van der Waals surface area (Å²) in [4.78, 5) is 24.3. The Morgan fingerprint density at radius 1 is 0.839 bits per heavy atom. The second-order valence-corrected chi connectivity index (χ2v) is 7.40. The normalized spacial score (nSPS) is 10.1. The second kappa shape index (κ2) is 11.1. The Hall–Kier alpha value is -3.42. The van der Waals surface area contributed by atoms with Gasteiger partial charge in [-0.25, -0.2) is 0 Å². The molecular weight excluding hydrogens is 434 g/mol. The number of benzene rings is 3. The van der Waals surface area contributed by atoms with Crippen LogP contribution in [0.3, 0.4) is 0 Å². The number of ether oxygens (including phenoxy) is 1. The van der Waals surface area contributed by atoms with Gasteiger partial charge in [0.25, 0.3) is 5.91 Å². The Balaban J connectivity index is 1.41. The van der Waals surface area contributed by atoms with Gasteiger partial charge in [-0.05, 0) is 59.7 Å². The molecular formula is C23H20ClN3O3S. The highest BCUT2D eigenvalue weighted by atomic mass is 35.5. The first-order valence-electron chi connectivity index (χ1n) is 9.41. The summed E-state index contributed by atoms with van der Waals surface area (Å²) in [5.41, 5.74) is 7.23. The van der Waals surface area contributed by atoms with Crippen molar-refractivity contribution in [3.63, 3.8) is 0 Å². The molecule has 0 aromatic heterocycles. The molecule has 0 saturated heterocycles. The fourth-order valence-electron chi connectivity index (χ4n) is 2.62. The molecule has 0 bridgehead atoms. The lowest BCUT2D eigenvalue weighted by molar-refractivity contribution is -0.119. The predicted molar refractivity (Wildman–Crippen MR) is 124 cm³/mol. The minimum Gasteiger partial charge on any atom is -0.489 e. The number of hydrazine groups is 1. The van der Waals surface area contributed by atoms with Gasteiger partial charge in [-0.15, -0.1) is 0 Å². The summed E-state index contributed by atoms with van der Waals surface area (Å²) >= 11 is 10.9. The molecule has 0 unspecified atom stereocenters. The summed E-state index contributed by atoms with van der Waals surface area (Å²) in [7, 11) is 0. The molecule has 0 fully saturated rings. The first-order valence-corrected chi connectivity index (χ1v) is 10.2. The zero-order valence-electron chi connectivity index (χ0n) is 16.4. The standard InChI is InChI=1S/C23H20ClN3O3S/c24-19-10-6-16(7-11-19)14-21(28)25-23(31)27-26-22(29)18-8-12-20(13-9-18)30-15-17-4-2-1-3-5-17/h1-13H,14-15H2,(H,26,29)(H2,25,27,28,31). The van der Waals surface area contributed by atoms with Crippen molar-refractivity contribution < 1.29 is 14.3 Å². The number of carbonyl (C=O) groups excluding carboxylic acids is 2. The number of thiocarbonyl (C=S) groups is 1. The maximum absolute atomic E-state index is 12.2. The average molecular weight is 454 g/mol. The molecule has 31 heavy (non-hydrogen) atoms. The predicted octanol–water partition coefficient (Wildman–Crippen LogP) is 3.80. The molecule has 158 valence electrons. The smallest absolute Gasteiger partial charge is 0.269 e. The molecule has 0 spiro atoms. The maximum atomic E-state index is 12.2. The fraction of sp³-hybridized carbons (Fsp3) is 0.0870. The Morgan fingerprint density at radius 2 is 1.52 bits per heavy atom. The van der Waals surface area contributed by atoms with Crippen LogP contribution < -0.4 is 20.9 Å². The Bertz CT molecular complexity index is 1040. The minimum atomic E-state index is -0.399. The topological polar surface area (TPSA) is 79.5 Å². The second-order valence-electron chi connectivity index (χ2n) is 6.56. The van der Waals surface area contributed by atoms with Crippen LogP contribution in [0.4, 0.5) is 0 Å². The van der Waals surface area contributed by atoms with E-state index in [1.54, 1.807) is 48.5 Å². The van der Waals surface area contributed by atoms with Crippen molar-refractivity contribution in [1.29, 1.82) is 0 Å². The van der Waals surface area contributed by atoms with Gasteiger partial charge in [-0.2, -0.15) is 0 Å². The Morgan fingerprint density at radius 3 is 2.19 bits per heavy atom. The summed E-state index contributed by atoms with van der Waals surface area (Å²) in [6.45, 7) is 0.442. The van der Waals surface area contributed by atoms with Crippen LogP contribution in [0.2, 0.25) is 5.02 Å². The molecule has 8 heteroatoms. The molecule has 0 heterocycles. The average Bonchev–Trinajstić information content (AvgIpc) is 2.78. The molecule has 2 amide bonds. The number of amides is 2. The quantitative estimate of drug-likeness (QED) is 0.391. The van der Waals surface area contributed by atoms with E-state index in [9.17, 15) is 9.59 Å².